The van der Waals surface area contributed by atoms with Crippen LogP contribution in [0, 0.1) is 5.92 Å². The number of hydrogen-bond acceptors (Lipinski definition) is 3. The number of imidazole rings is 1. The summed E-state index contributed by atoms with van der Waals surface area (Å²) in [4.78, 5) is 4.38. The van der Waals surface area contributed by atoms with Gasteiger partial charge in [0.1, 0.15) is 5.82 Å². The summed E-state index contributed by atoms with van der Waals surface area (Å²) in [5.74, 6) is 7.27. The SMILES string of the molecule is CCCCC(CC)C(NN)c1nccn1C. The zero-order valence-corrected chi connectivity index (χ0v) is 10.6. The second kappa shape index (κ2) is 6.66. The molecular weight excluding hydrogens is 200 g/mol. The predicted molar refractivity (Wildman–Crippen MR) is 66.6 cm³/mol. The van der Waals surface area contributed by atoms with Crippen LogP contribution in [-0.2, 0) is 7.05 Å². The number of unbranched alkanes of at least 4 members (excludes halogenated alkanes) is 1. The van der Waals surface area contributed by atoms with Crippen molar-refractivity contribution in [3.05, 3.63) is 18.2 Å². The van der Waals surface area contributed by atoms with Crippen molar-refractivity contribution < 1.29 is 0 Å². The van der Waals surface area contributed by atoms with Crippen LogP contribution in [-0.4, -0.2) is 9.55 Å². The lowest BCUT2D eigenvalue weighted by atomic mass is 9.91. The molecule has 0 saturated heterocycles. The van der Waals surface area contributed by atoms with E-state index in [-0.39, 0.29) is 6.04 Å². The van der Waals surface area contributed by atoms with Crippen molar-refractivity contribution >= 4 is 0 Å². The molecule has 0 spiro atoms. The molecule has 2 unspecified atom stereocenters. The molecule has 1 aromatic rings. The normalized spacial score (nSPS) is 15.0. The molecule has 16 heavy (non-hydrogen) atoms. The molecule has 1 heterocycles. The maximum Gasteiger partial charge on any atom is 0.127 e. The molecule has 92 valence electrons. The molecule has 0 aliphatic heterocycles. The van der Waals surface area contributed by atoms with Gasteiger partial charge >= 0.3 is 0 Å². The number of hydrazine groups is 1. The van der Waals surface area contributed by atoms with Crippen molar-refractivity contribution in [1.82, 2.24) is 15.0 Å². The Kier molecular flexibility index (Phi) is 5.49. The van der Waals surface area contributed by atoms with Gasteiger partial charge in [0, 0.05) is 19.4 Å². The Morgan fingerprint density at radius 2 is 2.25 bits per heavy atom. The summed E-state index contributed by atoms with van der Waals surface area (Å²) in [6, 6.07) is 0.163. The summed E-state index contributed by atoms with van der Waals surface area (Å²) in [7, 11) is 2.01. The van der Waals surface area contributed by atoms with E-state index in [2.05, 4.69) is 24.3 Å². The molecule has 0 aliphatic carbocycles. The minimum atomic E-state index is 0.163. The monoisotopic (exact) mass is 224 g/mol. The number of aryl methyl sites for hydroxylation is 1. The van der Waals surface area contributed by atoms with Gasteiger partial charge in [0.25, 0.3) is 0 Å². The van der Waals surface area contributed by atoms with Gasteiger partial charge in [-0.05, 0) is 12.3 Å². The fraction of sp³-hybridized carbons (Fsp3) is 0.750. The van der Waals surface area contributed by atoms with E-state index in [4.69, 9.17) is 5.84 Å². The molecule has 1 rings (SSSR count). The Bertz CT molecular complexity index is 295. The minimum Gasteiger partial charge on any atom is -0.337 e. The van der Waals surface area contributed by atoms with Crippen LogP contribution in [0.25, 0.3) is 0 Å². The molecule has 0 aromatic carbocycles. The van der Waals surface area contributed by atoms with Crippen LogP contribution < -0.4 is 11.3 Å². The maximum absolute atomic E-state index is 5.68. The molecule has 0 bridgehead atoms. The quantitative estimate of drug-likeness (QED) is 0.551. The topological polar surface area (TPSA) is 55.9 Å². The van der Waals surface area contributed by atoms with Gasteiger partial charge in [-0.15, -0.1) is 0 Å². The minimum absolute atomic E-state index is 0.163. The van der Waals surface area contributed by atoms with Crippen molar-refractivity contribution in [3.63, 3.8) is 0 Å². The molecule has 1 aromatic heterocycles. The summed E-state index contributed by atoms with van der Waals surface area (Å²) in [5.41, 5.74) is 2.92. The first-order valence-corrected chi connectivity index (χ1v) is 6.17. The van der Waals surface area contributed by atoms with Crippen LogP contribution in [0.15, 0.2) is 12.4 Å². The van der Waals surface area contributed by atoms with Crippen LogP contribution in [0.4, 0.5) is 0 Å². The largest absolute Gasteiger partial charge is 0.337 e. The highest BCUT2D eigenvalue weighted by atomic mass is 15.3. The molecule has 0 amide bonds. The van der Waals surface area contributed by atoms with Crippen LogP contribution >= 0.6 is 0 Å². The summed E-state index contributed by atoms with van der Waals surface area (Å²) < 4.78 is 2.04. The first-order valence-electron chi connectivity index (χ1n) is 6.17. The molecule has 0 saturated carbocycles. The van der Waals surface area contributed by atoms with Crippen LogP contribution in [0.2, 0.25) is 0 Å². The maximum atomic E-state index is 5.68. The Hall–Kier alpha value is -0.870. The smallest absolute Gasteiger partial charge is 0.127 e. The molecule has 3 N–H and O–H groups in total. The lowest BCUT2D eigenvalue weighted by molar-refractivity contribution is 0.310. The summed E-state index contributed by atoms with van der Waals surface area (Å²) >= 11 is 0. The molecule has 0 fully saturated rings. The zero-order valence-electron chi connectivity index (χ0n) is 10.6. The van der Waals surface area contributed by atoms with Crippen LogP contribution in [0.1, 0.15) is 51.4 Å². The highest BCUT2D eigenvalue weighted by Gasteiger charge is 2.23. The lowest BCUT2D eigenvalue weighted by Crippen LogP contribution is -2.35. The van der Waals surface area contributed by atoms with Crippen molar-refractivity contribution in [1.29, 1.82) is 0 Å². The van der Waals surface area contributed by atoms with Crippen LogP contribution in [0.3, 0.4) is 0 Å². The van der Waals surface area contributed by atoms with Gasteiger partial charge < -0.3 is 4.57 Å². The first kappa shape index (κ1) is 13.2. The van der Waals surface area contributed by atoms with E-state index >= 15 is 0 Å². The van der Waals surface area contributed by atoms with Gasteiger partial charge in [-0.1, -0.05) is 33.1 Å². The molecule has 4 heteroatoms. The van der Waals surface area contributed by atoms with Crippen molar-refractivity contribution in [2.45, 2.75) is 45.6 Å². The average molecular weight is 224 g/mol. The number of nitrogens with two attached hydrogens (primary N) is 1. The van der Waals surface area contributed by atoms with E-state index < -0.39 is 0 Å². The zero-order chi connectivity index (χ0) is 12.0. The number of rotatable bonds is 7. The standard InChI is InChI=1S/C12H24N4/c1-4-6-7-10(5-2)11(15-13)12-14-8-9-16(12)3/h8-11,15H,4-7,13H2,1-3H3. The van der Waals surface area contributed by atoms with E-state index in [1.54, 1.807) is 0 Å². The van der Waals surface area contributed by atoms with Crippen molar-refractivity contribution in [3.8, 4) is 0 Å². The molecule has 2 atom stereocenters. The summed E-state index contributed by atoms with van der Waals surface area (Å²) in [6.07, 6.45) is 8.60. The Labute approximate surface area is 98.2 Å². The van der Waals surface area contributed by atoms with Gasteiger partial charge in [-0.2, -0.15) is 0 Å². The predicted octanol–water partition coefficient (Wildman–Crippen LogP) is 2.14. The Morgan fingerprint density at radius 3 is 2.69 bits per heavy atom. The number of nitrogens with one attached hydrogen (secondary N) is 1. The molecule has 0 aliphatic rings. The van der Waals surface area contributed by atoms with E-state index in [9.17, 15) is 0 Å². The third-order valence-electron chi connectivity index (χ3n) is 3.24. The van der Waals surface area contributed by atoms with Gasteiger partial charge in [-0.25, -0.2) is 10.4 Å². The third-order valence-corrected chi connectivity index (χ3v) is 3.24. The third kappa shape index (κ3) is 3.06. The van der Waals surface area contributed by atoms with Gasteiger partial charge in [0.2, 0.25) is 0 Å². The van der Waals surface area contributed by atoms with Crippen molar-refractivity contribution in [2.75, 3.05) is 0 Å². The van der Waals surface area contributed by atoms with Gasteiger partial charge in [0.15, 0.2) is 0 Å². The Balaban J connectivity index is 2.75. The van der Waals surface area contributed by atoms with Gasteiger partial charge in [-0.3, -0.25) is 5.84 Å². The average Bonchev–Trinajstić information content (AvgIpc) is 2.71. The highest BCUT2D eigenvalue weighted by molar-refractivity contribution is 5.00. The number of hydrogen-bond donors (Lipinski definition) is 2. The first-order chi connectivity index (χ1) is 7.74. The number of aromatic nitrogens is 2. The van der Waals surface area contributed by atoms with E-state index in [0.717, 1.165) is 12.2 Å². The molecule has 0 radical (unpaired) electrons. The second-order valence-electron chi connectivity index (χ2n) is 4.35. The van der Waals surface area contributed by atoms with Crippen LogP contribution in [0.5, 0.6) is 0 Å². The van der Waals surface area contributed by atoms with Gasteiger partial charge in [0.05, 0.1) is 6.04 Å². The summed E-state index contributed by atoms with van der Waals surface area (Å²) in [6.45, 7) is 4.44. The molecule has 4 nitrogen and oxygen atoms in total. The fourth-order valence-corrected chi connectivity index (χ4v) is 2.17. The number of nitrogens with zero attached hydrogens (tertiary/aromatic N) is 2. The van der Waals surface area contributed by atoms with E-state index in [1.165, 1.54) is 19.3 Å². The lowest BCUT2D eigenvalue weighted by Gasteiger charge is -2.25. The van der Waals surface area contributed by atoms with Crippen molar-refractivity contribution in [2.24, 2.45) is 18.8 Å². The second-order valence-corrected chi connectivity index (χ2v) is 4.35. The molecular formula is C12H24N4. The van der Waals surface area contributed by atoms with E-state index in [0.29, 0.717) is 5.92 Å². The van der Waals surface area contributed by atoms with E-state index in [1.807, 2.05) is 24.0 Å². The summed E-state index contributed by atoms with van der Waals surface area (Å²) in [5, 5.41) is 0. The highest BCUT2D eigenvalue weighted by Crippen LogP contribution is 2.27. The Morgan fingerprint density at radius 1 is 1.50 bits per heavy atom. The fourth-order valence-electron chi connectivity index (χ4n) is 2.17.